The number of ether oxygens (including phenoxy) is 2. The Hall–Kier alpha value is -4.90. The lowest BCUT2D eigenvalue weighted by Gasteiger charge is -2.31. The van der Waals surface area contributed by atoms with Gasteiger partial charge in [-0.2, -0.15) is 5.26 Å². The third-order valence-electron chi connectivity index (χ3n) is 7.29. The molecular weight excluding hydrogens is 530 g/mol. The minimum atomic E-state index is -0.799. The predicted molar refractivity (Wildman–Crippen MR) is 159 cm³/mol. The summed E-state index contributed by atoms with van der Waals surface area (Å²) < 4.78 is 10.8. The van der Waals surface area contributed by atoms with E-state index in [4.69, 9.17) is 14.7 Å². The molecule has 3 aromatic carbocycles. The normalized spacial score (nSPS) is 14.1. The third-order valence-corrected chi connectivity index (χ3v) is 7.29. The lowest BCUT2D eigenvalue weighted by atomic mass is 9.93. The molecule has 4 rings (SSSR count). The van der Waals surface area contributed by atoms with E-state index in [1.165, 1.54) is 13.2 Å². The molecule has 216 valence electrons. The summed E-state index contributed by atoms with van der Waals surface area (Å²) in [5.74, 6) is 0.0529. The topological polar surface area (TPSA) is 109 Å². The van der Waals surface area contributed by atoms with Crippen molar-refractivity contribution in [3.63, 3.8) is 0 Å². The molecule has 8 nitrogen and oxygen atoms in total. The highest BCUT2D eigenvalue weighted by Gasteiger charge is 2.26. The lowest BCUT2D eigenvalue weighted by Crippen LogP contribution is -2.44. The van der Waals surface area contributed by atoms with Gasteiger partial charge in [-0.3, -0.25) is 9.59 Å². The molecule has 3 aromatic rings. The molecule has 1 saturated heterocycles. The fraction of sp³-hybridized carbons (Fsp3) is 0.294. The zero-order chi connectivity index (χ0) is 29.7. The standard InChI is InChI=1S/C34H35N3O5/c1-41-34(40)31(21-26-11-14-30(15-12-26)42-24-29-5-3-2-4-6-29)36-32(38)22-27-17-19-37(20-18-27)33(39)16-13-25-7-9-28(23-35)10-8-25/h2-16,27,31H,17-22,24H2,1H3,(H,36,38)/b16-13+/t31-/m0/s1. The summed E-state index contributed by atoms with van der Waals surface area (Å²) in [7, 11) is 1.31. The van der Waals surface area contributed by atoms with Crippen LogP contribution in [0.3, 0.4) is 0 Å². The molecule has 0 aliphatic carbocycles. The summed E-state index contributed by atoms with van der Waals surface area (Å²) in [4.78, 5) is 39.7. The second kappa shape index (κ2) is 15.2. The van der Waals surface area contributed by atoms with Crippen molar-refractivity contribution in [2.45, 2.75) is 38.3 Å². The number of hydrogen-bond acceptors (Lipinski definition) is 6. The summed E-state index contributed by atoms with van der Waals surface area (Å²) in [5, 5.41) is 11.8. The number of amides is 2. The molecule has 1 heterocycles. The summed E-state index contributed by atoms with van der Waals surface area (Å²) in [6, 6.07) is 25.6. The number of rotatable bonds is 11. The summed E-state index contributed by atoms with van der Waals surface area (Å²) in [5.41, 5.74) is 3.37. The second-order valence-corrected chi connectivity index (χ2v) is 10.3. The highest BCUT2D eigenvalue weighted by atomic mass is 16.5. The number of piperidine rings is 1. The number of likely N-dealkylation sites (tertiary alicyclic amines) is 1. The van der Waals surface area contributed by atoms with Gasteiger partial charge in [-0.05, 0) is 65.8 Å². The van der Waals surface area contributed by atoms with Crippen molar-refractivity contribution in [1.29, 1.82) is 5.26 Å². The van der Waals surface area contributed by atoms with Gasteiger partial charge in [0.25, 0.3) is 0 Å². The van der Waals surface area contributed by atoms with Gasteiger partial charge in [-0.25, -0.2) is 4.79 Å². The van der Waals surface area contributed by atoms with E-state index in [-0.39, 0.29) is 24.2 Å². The van der Waals surface area contributed by atoms with Gasteiger partial charge in [-0.1, -0.05) is 54.6 Å². The molecule has 0 radical (unpaired) electrons. The van der Waals surface area contributed by atoms with Crippen LogP contribution < -0.4 is 10.1 Å². The first-order valence-electron chi connectivity index (χ1n) is 14.0. The zero-order valence-corrected chi connectivity index (χ0v) is 23.7. The van der Waals surface area contributed by atoms with E-state index in [1.807, 2.05) is 54.6 Å². The molecule has 0 saturated carbocycles. The molecule has 1 aliphatic heterocycles. The Labute approximate surface area is 246 Å². The van der Waals surface area contributed by atoms with Crippen LogP contribution in [0.15, 0.2) is 84.9 Å². The second-order valence-electron chi connectivity index (χ2n) is 10.3. The van der Waals surface area contributed by atoms with E-state index >= 15 is 0 Å². The average Bonchev–Trinajstić information content (AvgIpc) is 3.03. The quantitative estimate of drug-likeness (QED) is 0.267. The monoisotopic (exact) mass is 565 g/mol. The number of benzene rings is 3. The van der Waals surface area contributed by atoms with Crippen molar-refractivity contribution >= 4 is 23.9 Å². The van der Waals surface area contributed by atoms with Crippen LogP contribution in [0.2, 0.25) is 0 Å². The smallest absolute Gasteiger partial charge is 0.328 e. The van der Waals surface area contributed by atoms with Gasteiger partial charge >= 0.3 is 5.97 Å². The number of hydrogen-bond donors (Lipinski definition) is 1. The molecule has 0 spiro atoms. The van der Waals surface area contributed by atoms with E-state index in [9.17, 15) is 14.4 Å². The van der Waals surface area contributed by atoms with Crippen LogP contribution in [0.1, 0.15) is 41.5 Å². The van der Waals surface area contributed by atoms with E-state index in [1.54, 1.807) is 35.2 Å². The van der Waals surface area contributed by atoms with Crippen molar-refractivity contribution < 1.29 is 23.9 Å². The van der Waals surface area contributed by atoms with Gasteiger partial charge in [0, 0.05) is 32.0 Å². The van der Waals surface area contributed by atoms with Crippen LogP contribution in [0.4, 0.5) is 0 Å². The molecule has 8 heteroatoms. The maximum Gasteiger partial charge on any atom is 0.328 e. The molecule has 1 atom stereocenters. The van der Waals surface area contributed by atoms with Crippen LogP contribution in [0.25, 0.3) is 6.08 Å². The largest absolute Gasteiger partial charge is 0.489 e. The van der Waals surface area contributed by atoms with Crippen molar-refractivity contribution in [1.82, 2.24) is 10.2 Å². The van der Waals surface area contributed by atoms with Gasteiger partial charge in [0.05, 0.1) is 18.7 Å². The number of methoxy groups -OCH3 is 1. The zero-order valence-electron chi connectivity index (χ0n) is 23.7. The summed E-state index contributed by atoms with van der Waals surface area (Å²) in [6.07, 6.45) is 5.27. The van der Waals surface area contributed by atoms with Gasteiger partial charge in [-0.15, -0.1) is 0 Å². The van der Waals surface area contributed by atoms with Crippen LogP contribution >= 0.6 is 0 Å². The van der Waals surface area contributed by atoms with Gasteiger partial charge < -0.3 is 19.7 Å². The van der Waals surface area contributed by atoms with Crippen LogP contribution in [0, 0.1) is 17.2 Å². The third kappa shape index (κ3) is 9.07. The lowest BCUT2D eigenvalue weighted by molar-refractivity contribution is -0.145. The molecule has 1 aliphatic rings. The average molecular weight is 566 g/mol. The molecule has 0 unspecified atom stereocenters. The molecule has 1 fully saturated rings. The molecule has 1 N–H and O–H groups in total. The van der Waals surface area contributed by atoms with E-state index in [2.05, 4.69) is 11.4 Å². The minimum absolute atomic E-state index is 0.0792. The van der Waals surface area contributed by atoms with Gasteiger partial charge in [0.15, 0.2) is 0 Å². The first kappa shape index (κ1) is 30.1. The molecular formula is C34H35N3O5. The van der Waals surface area contributed by atoms with E-state index < -0.39 is 12.0 Å². The maximum absolute atomic E-state index is 12.9. The predicted octanol–water partition coefficient (Wildman–Crippen LogP) is 4.68. The fourth-order valence-corrected chi connectivity index (χ4v) is 4.85. The Bertz CT molecular complexity index is 1400. The van der Waals surface area contributed by atoms with Crippen molar-refractivity contribution in [2.24, 2.45) is 5.92 Å². The SMILES string of the molecule is COC(=O)[C@H](Cc1ccc(OCc2ccccc2)cc1)NC(=O)CC1CCN(C(=O)/C=C/c2ccc(C#N)cc2)CC1. The number of nitriles is 1. The Morgan fingerprint density at radius 2 is 1.67 bits per heavy atom. The van der Waals surface area contributed by atoms with Gasteiger partial charge in [0.2, 0.25) is 11.8 Å². The number of carbonyl (C=O) groups excluding carboxylic acids is 3. The first-order chi connectivity index (χ1) is 20.4. The first-order valence-corrected chi connectivity index (χ1v) is 14.0. The minimum Gasteiger partial charge on any atom is -0.489 e. The molecule has 0 aromatic heterocycles. The van der Waals surface area contributed by atoms with Crippen LogP contribution in [-0.2, 0) is 32.1 Å². The van der Waals surface area contributed by atoms with Gasteiger partial charge in [0.1, 0.15) is 18.4 Å². The van der Waals surface area contributed by atoms with Crippen LogP contribution in [-0.4, -0.2) is 48.9 Å². The molecule has 42 heavy (non-hydrogen) atoms. The number of esters is 1. The highest BCUT2D eigenvalue weighted by molar-refractivity contribution is 5.92. The maximum atomic E-state index is 12.9. The summed E-state index contributed by atoms with van der Waals surface area (Å²) in [6.45, 7) is 1.59. The Morgan fingerprint density at radius 1 is 0.976 bits per heavy atom. The Morgan fingerprint density at radius 3 is 2.31 bits per heavy atom. The fourth-order valence-electron chi connectivity index (χ4n) is 4.85. The van der Waals surface area contributed by atoms with E-state index in [0.717, 1.165) is 22.4 Å². The van der Waals surface area contributed by atoms with E-state index in [0.29, 0.717) is 44.5 Å². The Kier molecular flexibility index (Phi) is 10.9. The summed E-state index contributed by atoms with van der Waals surface area (Å²) >= 11 is 0. The Balaban J connectivity index is 1.22. The van der Waals surface area contributed by atoms with Crippen molar-refractivity contribution in [2.75, 3.05) is 20.2 Å². The number of nitrogens with one attached hydrogen (secondary N) is 1. The number of nitrogens with zero attached hydrogens (tertiary/aromatic N) is 2. The number of carbonyl (C=O) groups is 3. The van der Waals surface area contributed by atoms with Crippen molar-refractivity contribution in [3.8, 4) is 11.8 Å². The molecule has 0 bridgehead atoms. The van der Waals surface area contributed by atoms with Crippen LogP contribution in [0.5, 0.6) is 5.75 Å². The van der Waals surface area contributed by atoms with Crippen molar-refractivity contribution in [3.05, 3.63) is 107 Å². The highest BCUT2D eigenvalue weighted by Crippen LogP contribution is 2.21. The molecule has 2 amide bonds.